The molecule has 1 aromatic rings. The Morgan fingerprint density at radius 2 is 2.04 bits per heavy atom. The molecule has 2 unspecified atom stereocenters. The number of thioether (sulfide) groups is 1. The van der Waals surface area contributed by atoms with E-state index in [1.807, 2.05) is 35.3 Å². The van der Waals surface area contributed by atoms with Crippen LogP contribution in [-0.2, 0) is 0 Å². The third-order valence-electron chi connectivity index (χ3n) is 5.41. The summed E-state index contributed by atoms with van der Waals surface area (Å²) in [5, 5.41) is 12.6. The van der Waals surface area contributed by atoms with Crippen LogP contribution in [0.3, 0.4) is 0 Å². The second kappa shape index (κ2) is 9.24. The summed E-state index contributed by atoms with van der Waals surface area (Å²) in [7, 11) is 1.93. The lowest BCUT2D eigenvalue weighted by Crippen LogP contribution is -2.36. The van der Waals surface area contributed by atoms with Crippen molar-refractivity contribution in [2.75, 3.05) is 25.9 Å². The highest BCUT2D eigenvalue weighted by atomic mass is 35.5. The smallest absolute Gasteiger partial charge is 0.276 e. The van der Waals surface area contributed by atoms with Crippen LogP contribution in [0.5, 0.6) is 0 Å². The molecule has 142 valence electrons. The molecule has 1 saturated heterocycles. The quantitative estimate of drug-likeness (QED) is 0.841. The Bertz CT molecular complexity index is 575. The van der Waals surface area contributed by atoms with E-state index in [1.54, 1.807) is 0 Å². The molecule has 1 N–H and O–H groups in total. The van der Waals surface area contributed by atoms with Crippen LogP contribution < -0.4 is 5.32 Å². The standard InChI is InChI=1S/C17H29N5OS.ClH/c1-4-24-15-6-5-14(11-15)21(3)17(23)16-12(2)22(20-19-16)13-7-9-18-10-8-13;/h13-15,18H,4-11H2,1-3H3;1H. The van der Waals surface area contributed by atoms with E-state index in [4.69, 9.17) is 0 Å². The molecule has 0 aromatic carbocycles. The topological polar surface area (TPSA) is 63.1 Å². The van der Waals surface area contributed by atoms with Crippen molar-refractivity contribution < 1.29 is 4.79 Å². The van der Waals surface area contributed by atoms with Crippen LogP contribution in [0.2, 0.25) is 0 Å². The van der Waals surface area contributed by atoms with Gasteiger partial charge in [-0.15, -0.1) is 17.5 Å². The van der Waals surface area contributed by atoms with Crippen molar-refractivity contribution in [3.63, 3.8) is 0 Å². The first kappa shape index (κ1) is 20.5. The molecule has 6 nitrogen and oxygen atoms in total. The van der Waals surface area contributed by atoms with Crippen molar-refractivity contribution in [3.05, 3.63) is 11.4 Å². The molecule has 0 spiro atoms. The summed E-state index contributed by atoms with van der Waals surface area (Å²) in [5.74, 6) is 1.18. The van der Waals surface area contributed by atoms with Gasteiger partial charge in [0.25, 0.3) is 5.91 Å². The van der Waals surface area contributed by atoms with Crippen LogP contribution in [-0.4, -0.2) is 63.0 Å². The van der Waals surface area contributed by atoms with Crippen molar-refractivity contribution >= 4 is 30.1 Å². The fraction of sp³-hybridized carbons (Fsp3) is 0.824. The molecule has 3 rings (SSSR count). The molecule has 2 atom stereocenters. The molecular weight excluding hydrogens is 358 g/mol. The number of piperidine rings is 1. The minimum atomic E-state index is 0. The van der Waals surface area contributed by atoms with Crippen LogP contribution in [0.1, 0.15) is 61.3 Å². The van der Waals surface area contributed by atoms with Crippen molar-refractivity contribution in [1.29, 1.82) is 0 Å². The van der Waals surface area contributed by atoms with E-state index in [0.717, 1.165) is 50.2 Å². The van der Waals surface area contributed by atoms with Gasteiger partial charge in [-0.25, -0.2) is 4.68 Å². The summed E-state index contributed by atoms with van der Waals surface area (Å²) < 4.78 is 1.96. The average Bonchev–Trinajstić information content (AvgIpc) is 3.21. The van der Waals surface area contributed by atoms with E-state index in [0.29, 0.717) is 23.0 Å². The largest absolute Gasteiger partial charge is 0.337 e. The first-order valence-electron chi connectivity index (χ1n) is 9.13. The van der Waals surface area contributed by atoms with Gasteiger partial charge in [-0.05, 0) is 57.9 Å². The Morgan fingerprint density at radius 3 is 2.72 bits per heavy atom. The number of nitrogens with one attached hydrogen (secondary N) is 1. The molecule has 0 bridgehead atoms. The first-order chi connectivity index (χ1) is 11.6. The maximum absolute atomic E-state index is 12.9. The molecule has 2 aliphatic rings. The van der Waals surface area contributed by atoms with Crippen LogP contribution in [0.15, 0.2) is 0 Å². The van der Waals surface area contributed by atoms with Crippen LogP contribution >= 0.6 is 24.2 Å². The molecule has 2 heterocycles. The molecule has 1 aliphatic carbocycles. The fourth-order valence-corrected chi connectivity index (χ4v) is 5.06. The Balaban J connectivity index is 0.00000225. The van der Waals surface area contributed by atoms with Gasteiger partial charge in [-0.1, -0.05) is 12.1 Å². The second-order valence-corrected chi connectivity index (χ2v) is 8.49. The maximum Gasteiger partial charge on any atom is 0.276 e. The number of rotatable bonds is 5. The van der Waals surface area contributed by atoms with Gasteiger partial charge >= 0.3 is 0 Å². The van der Waals surface area contributed by atoms with Crippen molar-refractivity contribution in [3.8, 4) is 0 Å². The van der Waals surface area contributed by atoms with Gasteiger partial charge in [0.1, 0.15) is 0 Å². The predicted molar refractivity (Wildman–Crippen MR) is 105 cm³/mol. The SMILES string of the molecule is CCSC1CCC(N(C)C(=O)c2nnn(C3CCNCC3)c2C)C1.Cl. The first-order valence-corrected chi connectivity index (χ1v) is 10.2. The lowest BCUT2D eigenvalue weighted by atomic mass is 10.1. The number of nitrogens with zero attached hydrogens (tertiary/aromatic N) is 4. The zero-order valence-corrected chi connectivity index (χ0v) is 17.0. The highest BCUT2D eigenvalue weighted by Crippen LogP contribution is 2.32. The van der Waals surface area contributed by atoms with E-state index in [9.17, 15) is 4.79 Å². The molecule has 2 fully saturated rings. The summed E-state index contributed by atoms with van der Waals surface area (Å²) >= 11 is 2.02. The normalized spacial score (nSPS) is 24.1. The average molecular weight is 388 g/mol. The summed E-state index contributed by atoms with van der Waals surface area (Å²) in [6, 6.07) is 0.701. The van der Waals surface area contributed by atoms with E-state index in [2.05, 4.69) is 22.6 Å². The maximum atomic E-state index is 12.9. The third-order valence-corrected chi connectivity index (χ3v) is 6.64. The number of hydrogen-bond donors (Lipinski definition) is 1. The van der Waals surface area contributed by atoms with Crippen molar-refractivity contribution in [2.45, 2.75) is 63.3 Å². The molecule has 1 saturated carbocycles. The summed E-state index contributed by atoms with van der Waals surface area (Å²) in [6.07, 6.45) is 5.50. The fourth-order valence-electron chi connectivity index (χ4n) is 3.93. The zero-order chi connectivity index (χ0) is 17.1. The molecule has 0 radical (unpaired) electrons. The Hall–Kier alpha value is -0.790. The van der Waals surface area contributed by atoms with E-state index < -0.39 is 0 Å². The predicted octanol–water partition coefficient (Wildman–Crippen LogP) is 2.68. The number of amides is 1. The summed E-state index contributed by atoms with van der Waals surface area (Å²) in [6.45, 7) is 6.19. The number of aromatic nitrogens is 3. The molecule has 1 aromatic heterocycles. The second-order valence-electron chi connectivity index (χ2n) is 6.91. The van der Waals surface area contributed by atoms with Crippen LogP contribution in [0.25, 0.3) is 0 Å². The van der Waals surface area contributed by atoms with Gasteiger partial charge in [0, 0.05) is 18.3 Å². The number of hydrogen-bond acceptors (Lipinski definition) is 5. The van der Waals surface area contributed by atoms with Gasteiger partial charge in [-0.3, -0.25) is 4.79 Å². The molecule has 8 heteroatoms. The van der Waals surface area contributed by atoms with Gasteiger partial charge < -0.3 is 10.2 Å². The minimum absolute atomic E-state index is 0. The van der Waals surface area contributed by atoms with E-state index >= 15 is 0 Å². The van der Waals surface area contributed by atoms with Crippen LogP contribution in [0.4, 0.5) is 0 Å². The van der Waals surface area contributed by atoms with Gasteiger partial charge in [0.2, 0.25) is 0 Å². The number of halogens is 1. The zero-order valence-electron chi connectivity index (χ0n) is 15.4. The highest BCUT2D eigenvalue weighted by molar-refractivity contribution is 7.99. The Labute approximate surface area is 160 Å². The number of carbonyl (C=O) groups excluding carboxylic acids is 1. The Kier molecular flexibility index (Phi) is 7.58. The van der Waals surface area contributed by atoms with Crippen molar-refractivity contribution in [1.82, 2.24) is 25.2 Å². The molecule has 1 aliphatic heterocycles. The lowest BCUT2D eigenvalue weighted by molar-refractivity contribution is 0.0728. The minimum Gasteiger partial charge on any atom is -0.337 e. The van der Waals surface area contributed by atoms with Crippen LogP contribution in [0, 0.1) is 6.92 Å². The summed E-state index contributed by atoms with van der Waals surface area (Å²) in [5.41, 5.74) is 1.44. The van der Waals surface area contributed by atoms with Gasteiger partial charge in [-0.2, -0.15) is 11.8 Å². The van der Waals surface area contributed by atoms with Gasteiger partial charge in [0.15, 0.2) is 5.69 Å². The highest BCUT2D eigenvalue weighted by Gasteiger charge is 2.32. The summed E-state index contributed by atoms with van der Waals surface area (Å²) in [4.78, 5) is 14.8. The number of carbonyl (C=O) groups is 1. The molecule has 1 amide bonds. The third kappa shape index (κ3) is 4.49. The Morgan fingerprint density at radius 1 is 1.32 bits per heavy atom. The monoisotopic (exact) mass is 387 g/mol. The van der Waals surface area contributed by atoms with E-state index in [1.165, 1.54) is 6.42 Å². The van der Waals surface area contributed by atoms with Gasteiger partial charge in [0.05, 0.1) is 11.7 Å². The van der Waals surface area contributed by atoms with Crippen molar-refractivity contribution in [2.24, 2.45) is 0 Å². The van der Waals surface area contributed by atoms with E-state index in [-0.39, 0.29) is 18.3 Å². The molecule has 25 heavy (non-hydrogen) atoms. The lowest BCUT2D eigenvalue weighted by Gasteiger charge is -2.25. The molecular formula is C17H30ClN5OS.